The number of rotatable bonds is 1. The van der Waals surface area contributed by atoms with Crippen molar-refractivity contribution in [1.82, 2.24) is 10.2 Å². The third-order valence-electron chi connectivity index (χ3n) is 2.45. The number of hydrogen-bond acceptors (Lipinski definition) is 2. The molecule has 0 bridgehead atoms. The lowest BCUT2D eigenvalue weighted by Crippen LogP contribution is -2.27. The molecule has 0 saturated heterocycles. The molecule has 0 atom stereocenters. The maximum absolute atomic E-state index is 11.8. The molecule has 1 aromatic carbocycles. The topological polar surface area (TPSA) is 57.8 Å². The minimum absolute atomic E-state index is 0.00327. The molecular formula is C12H14BrN3O. The minimum atomic E-state index is -0.400. The Hall–Kier alpha value is -1.36. The van der Waals surface area contributed by atoms with Gasteiger partial charge in [-0.15, -0.1) is 0 Å². The molecule has 17 heavy (non-hydrogen) atoms. The minimum Gasteiger partial charge on any atom is -0.326 e. The van der Waals surface area contributed by atoms with Gasteiger partial charge in [0.25, 0.3) is 0 Å². The van der Waals surface area contributed by atoms with Crippen LogP contribution in [0.2, 0.25) is 0 Å². The Morgan fingerprint density at radius 2 is 2.12 bits per heavy atom. The van der Waals surface area contributed by atoms with Crippen LogP contribution >= 0.6 is 15.9 Å². The van der Waals surface area contributed by atoms with Gasteiger partial charge in [-0.2, -0.15) is 5.10 Å². The lowest BCUT2D eigenvalue weighted by molar-refractivity contribution is -0.123. The molecule has 0 unspecified atom stereocenters. The fourth-order valence-electron chi connectivity index (χ4n) is 1.38. The monoisotopic (exact) mass is 295 g/mol. The van der Waals surface area contributed by atoms with E-state index in [1.165, 1.54) is 0 Å². The van der Waals surface area contributed by atoms with E-state index >= 15 is 0 Å². The SMILES string of the molecule is CC(C)(C)C(=O)Nc1ccc2n[nH]c(Br)c2c1. The summed E-state index contributed by atoms with van der Waals surface area (Å²) in [5, 5.41) is 10.8. The van der Waals surface area contributed by atoms with Gasteiger partial charge in [0.15, 0.2) is 0 Å². The molecule has 1 amide bonds. The number of nitrogens with one attached hydrogen (secondary N) is 2. The van der Waals surface area contributed by atoms with Crippen molar-refractivity contribution in [3.63, 3.8) is 0 Å². The highest BCUT2D eigenvalue weighted by molar-refractivity contribution is 9.10. The van der Waals surface area contributed by atoms with Crippen molar-refractivity contribution in [3.8, 4) is 0 Å². The van der Waals surface area contributed by atoms with Crippen molar-refractivity contribution in [2.45, 2.75) is 20.8 Å². The van der Waals surface area contributed by atoms with Crippen LogP contribution in [0.4, 0.5) is 5.69 Å². The second-order valence-corrected chi connectivity index (χ2v) is 5.77. The van der Waals surface area contributed by atoms with Crippen LogP contribution in [0.3, 0.4) is 0 Å². The highest BCUT2D eigenvalue weighted by atomic mass is 79.9. The van der Waals surface area contributed by atoms with Gasteiger partial charge in [0.05, 0.1) is 5.52 Å². The first-order valence-electron chi connectivity index (χ1n) is 5.33. The summed E-state index contributed by atoms with van der Waals surface area (Å²) in [5.41, 5.74) is 1.24. The van der Waals surface area contributed by atoms with E-state index in [1.54, 1.807) is 0 Å². The normalized spacial score (nSPS) is 11.8. The van der Waals surface area contributed by atoms with Crippen LogP contribution < -0.4 is 5.32 Å². The fourth-order valence-corrected chi connectivity index (χ4v) is 1.78. The van der Waals surface area contributed by atoms with E-state index in [0.717, 1.165) is 21.2 Å². The predicted octanol–water partition coefficient (Wildman–Crippen LogP) is 3.31. The van der Waals surface area contributed by atoms with E-state index in [2.05, 4.69) is 31.4 Å². The van der Waals surface area contributed by atoms with E-state index in [9.17, 15) is 4.79 Å². The maximum atomic E-state index is 11.8. The molecular weight excluding hydrogens is 282 g/mol. The van der Waals surface area contributed by atoms with Gasteiger partial charge < -0.3 is 5.32 Å². The van der Waals surface area contributed by atoms with Gasteiger partial charge in [0.2, 0.25) is 5.91 Å². The number of hydrogen-bond donors (Lipinski definition) is 2. The number of fused-ring (bicyclic) bond motifs is 1. The van der Waals surface area contributed by atoms with Crippen LogP contribution in [-0.4, -0.2) is 16.1 Å². The largest absolute Gasteiger partial charge is 0.326 e. The zero-order chi connectivity index (χ0) is 12.6. The average molecular weight is 296 g/mol. The van der Waals surface area contributed by atoms with E-state index in [4.69, 9.17) is 0 Å². The van der Waals surface area contributed by atoms with Gasteiger partial charge in [-0.25, -0.2) is 0 Å². The van der Waals surface area contributed by atoms with E-state index in [0.29, 0.717) is 0 Å². The molecule has 0 spiro atoms. The molecule has 2 aromatic rings. The molecule has 5 heteroatoms. The predicted molar refractivity (Wildman–Crippen MR) is 71.9 cm³/mol. The zero-order valence-electron chi connectivity index (χ0n) is 9.97. The Morgan fingerprint density at radius 3 is 2.76 bits per heavy atom. The molecule has 1 aromatic heterocycles. The smallest absolute Gasteiger partial charge is 0.229 e. The molecule has 0 aliphatic carbocycles. The summed E-state index contributed by atoms with van der Waals surface area (Å²) < 4.78 is 0.819. The molecule has 90 valence electrons. The van der Waals surface area contributed by atoms with Crippen molar-refractivity contribution in [1.29, 1.82) is 0 Å². The summed E-state index contributed by atoms with van der Waals surface area (Å²) in [6.45, 7) is 5.65. The maximum Gasteiger partial charge on any atom is 0.229 e. The van der Waals surface area contributed by atoms with Crippen molar-refractivity contribution in [2.75, 3.05) is 5.32 Å². The molecule has 2 N–H and O–H groups in total. The molecule has 2 rings (SSSR count). The molecule has 4 nitrogen and oxygen atoms in total. The molecule has 0 aliphatic heterocycles. The Morgan fingerprint density at radius 1 is 1.41 bits per heavy atom. The Labute approximate surface area is 108 Å². The first-order valence-corrected chi connectivity index (χ1v) is 6.12. The number of carbonyl (C=O) groups is 1. The molecule has 1 heterocycles. The summed E-state index contributed by atoms with van der Waals surface area (Å²) in [6.07, 6.45) is 0. The fraction of sp³-hybridized carbons (Fsp3) is 0.333. The Balaban J connectivity index is 2.31. The van der Waals surface area contributed by atoms with Gasteiger partial charge in [-0.1, -0.05) is 20.8 Å². The molecule has 0 radical (unpaired) electrons. The summed E-state index contributed by atoms with van der Waals surface area (Å²) in [7, 11) is 0. The number of carbonyl (C=O) groups excluding carboxylic acids is 1. The molecule has 0 saturated carbocycles. The van der Waals surface area contributed by atoms with Gasteiger partial charge in [-0.3, -0.25) is 9.89 Å². The average Bonchev–Trinajstić information content (AvgIpc) is 2.59. The molecule has 0 aliphatic rings. The van der Waals surface area contributed by atoms with Crippen molar-refractivity contribution >= 4 is 38.4 Å². The van der Waals surface area contributed by atoms with E-state index in [-0.39, 0.29) is 5.91 Å². The number of anilines is 1. The number of H-pyrrole nitrogens is 1. The third-order valence-corrected chi connectivity index (χ3v) is 3.05. The first kappa shape index (κ1) is 12.1. The van der Waals surface area contributed by atoms with Crippen molar-refractivity contribution in [2.24, 2.45) is 5.41 Å². The lowest BCUT2D eigenvalue weighted by Gasteiger charge is -2.17. The summed E-state index contributed by atoms with van der Waals surface area (Å²) in [4.78, 5) is 11.8. The highest BCUT2D eigenvalue weighted by Gasteiger charge is 2.21. The van der Waals surface area contributed by atoms with Gasteiger partial charge >= 0.3 is 0 Å². The summed E-state index contributed by atoms with van der Waals surface area (Å²) in [5.74, 6) is -0.00327. The number of aromatic nitrogens is 2. The second-order valence-electron chi connectivity index (χ2n) is 4.97. The Kier molecular flexibility index (Phi) is 2.95. The number of halogens is 1. The van der Waals surface area contributed by atoms with E-state index < -0.39 is 5.41 Å². The Bertz CT molecular complexity index is 569. The van der Waals surface area contributed by atoms with Crippen molar-refractivity contribution in [3.05, 3.63) is 22.8 Å². The van der Waals surface area contributed by atoms with Crippen LogP contribution in [0.15, 0.2) is 22.8 Å². The zero-order valence-corrected chi connectivity index (χ0v) is 11.6. The summed E-state index contributed by atoms with van der Waals surface area (Å²) >= 11 is 3.38. The van der Waals surface area contributed by atoms with Gasteiger partial charge in [-0.05, 0) is 34.1 Å². The van der Waals surface area contributed by atoms with Crippen molar-refractivity contribution < 1.29 is 4.79 Å². The number of nitrogens with zero attached hydrogens (tertiary/aromatic N) is 1. The highest BCUT2D eigenvalue weighted by Crippen LogP contribution is 2.25. The van der Waals surface area contributed by atoms with Crippen LogP contribution in [0.1, 0.15) is 20.8 Å². The third kappa shape index (κ3) is 2.49. The van der Waals surface area contributed by atoms with Gasteiger partial charge in [0.1, 0.15) is 4.60 Å². The van der Waals surface area contributed by atoms with E-state index in [1.807, 2.05) is 39.0 Å². The standard InChI is InChI=1S/C12H14BrN3O/c1-12(2,3)11(17)14-7-4-5-9-8(6-7)10(13)16-15-9/h4-6H,1-3H3,(H,14,17)(H,15,16). The van der Waals surface area contributed by atoms with Gasteiger partial charge in [0, 0.05) is 16.5 Å². The van der Waals surface area contributed by atoms with Crippen LogP contribution in [0.25, 0.3) is 10.9 Å². The van der Waals surface area contributed by atoms with Crippen LogP contribution in [0, 0.1) is 5.41 Å². The van der Waals surface area contributed by atoms with Crippen LogP contribution in [0.5, 0.6) is 0 Å². The summed E-state index contributed by atoms with van der Waals surface area (Å²) in [6, 6.07) is 5.61. The number of aromatic amines is 1. The number of amides is 1. The molecule has 0 fully saturated rings. The lowest BCUT2D eigenvalue weighted by atomic mass is 9.95. The van der Waals surface area contributed by atoms with Crippen LogP contribution in [-0.2, 0) is 4.79 Å². The quantitative estimate of drug-likeness (QED) is 0.848. The second kappa shape index (κ2) is 4.14. The first-order chi connectivity index (χ1) is 7.88. The number of benzene rings is 1.